The number of hydrogen-bond acceptors (Lipinski definition) is 4. The molecule has 1 aliphatic heterocycles. The molecule has 0 radical (unpaired) electrons. The first-order chi connectivity index (χ1) is 14.6. The quantitative estimate of drug-likeness (QED) is 0.486. The van der Waals surface area contributed by atoms with Crippen LogP contribution in [0, 0.1) is 0 Å². The molecule has 4 nitrogen and oxygen atoms in total. The molecule has 1 unspecified atom stereocenters. The van der Waals surface area contributed by atoms with Crippen molar-refractivity contribution >= 4 is 5.82 Å². The minimum atomic E-state index is -4.52. The molecule has 0 N–H and O–H groups in total. The Bertz CT molecular complexity index is 868. The zero-order valence-corrected chi connectivity index (χ0v) is 16.8. The second-order valence-electron chi connectivity index (χ2n) is 7.17. The molecule has 0 bridgehead atoms. The summed E-state index contributed by atoms with van der Waals surface area (Å²) in [5, 5.41) is 0. The third-order valence-corrected chi connectivity index (χ3v) is 4.81. The van der Waals surface area contributed by atoms with Crippen LogP contribution in [0.15, 0.2) is 36.5 Å². The Morgan fingerprint density at radius 1 is 0.968 bits per heavy atom. The van der Waals surface area contributed by atoms with E-state index >= 15 is 0 Å². The highest BCUT2D eigenvalue weighted by molar-refractivity contribution is 5.46. The van der Waals surface area contributed by atoms with Crippen molar-refractivity contribution < 1.29 is 35.8 Å². The second kappa shape index (κ2) is 9.23. The predicted octanol–water partition coefficient (Wildman–Crippen LogP) is 6.30. The first kappa shape index (κ1) is 23.0. The van der Waals surface area contributed by atoms with Crippen LogP contribution in [-0.4, -0.2) is 24.4 Å². The minimum absolute atomic E-state index is 0.0254. The number of aromatic nitrogens is 1. The predicted molar refractivity (Wildman–Crippen MR) is 102 cm³/mol. The van der Waals surface area contributed by atoms with Crippen molar-refractivity contribution in [3.05, 3.63) is 47.7 Å². The highest BCUT2D eigenvalue weighted by Gasteiger charge is 2.34. The minimum Gasteiger partial charge on any atom is -0.490 e. The van der Waals surface area contributed by atoms with Gasteiger partial charge in [-0.3, -0.25) is 0 Å². The topological polar surface area (TPSA) is 34.6 Å². The van der Waals surface area contributed by atoms with E-state index in [2.05, 4.69) is 4.98 Å². The Balaban J connectivity index is 1.85. The molecule has 1 saturated heterocycles. The molecule has 0 saturated carbocycles. The van der Waals surface area contributed by atoms with Crippen molar-refractivity contribution in [3.63, 3.8) is 0 Å². The van der Waals surface area contributed by atoms with Crippen LogP contribution in [0.3, 0.4) is 0 Å². The molecule has 1 aliphatic rings. The van der Waals surface area contributed by atoms with Crippen molar-refractivity contribution in [2.24, 2.45) is 0 Å². The summed E-state index contributed by atoms with van der Waals surface area (Å²) >= 11 is 0. The van der Waals surface area contributed by atoms with Crippen LogP contribution in [0.5, 0.6) is 11.5 Å². The lowest BCUT2D eigenvalue weighted by Gasteiger charge is -2.36. The maximum Gasteiger partial charge on any atom is 0.417 e. The van der Waals surface area contributed by atoms with Gasteiger partial charge >= 0.3 is 12.4 Å². The van der Waals surface area contributed by atoms with Crippen molar-refractivity contribution in [1.82, 2.24) is 4.98 Å². The van der Waals surface area contributed by atoms with E-state index < -0.39 is 29.7 Å². The number of halogens is 6. The summed E-state index contributed by atoms with van der Waals surface area (Å²) in [5.41, 5.74) is -1.71. The summed E-state index contributed by atoms with van der Waals surface area (Å²) in [7, 11) is 0. The molecule has 0 amide bonds. The van der Waals surface area contributed by atoms with Gasteiger partial charge in [0.2, 0.25) is 0 Å². The number of alkyl halides is 6. The first-order valence-corrected chi connectivity index (χ1v) is 9.90. The highest BCUT2D eigenvalue weighted by Crippen LogP contribution is 2.38. The van der Waals surface area contributed by atoms with Gasteiger partial charge in [0.1, 0.15) is 5.82 Å². The zero-order chi connectivity index (χ0) is 22.6. The summed E-state index contributed by atoms with van der Waals surface area (Å²) in [6.45, 7) is 2.54. The van der Waals surface area contributed by atoms with Crippen LogP contribution in [0.2, 0.25) is 0 Å². The molecule has 0 spiro atoms. The maximum absolute atomic E-state index is 13.1. The number of ether oxygens (including phenoxy) is 2. The molecule has 0 aliphatic carbocycles. The Morgan fingerprint density at radius 2 is 1.68 bits per heavy atom. The number of rotatable bonds is 6. The van der Waals surface area contributed by atoms with Crippen LogP contribution < -0.4 is 14.4 Å². The van der Waals surface area contributed by atoms with Crippen LogP contribution in [0.25, 0.3) is 0 Å². The number of anilines is 1. The summed E-state index contributed by atoms with van der Waals surface area (Å²) in [4.78, 5) is 5.64. The van der Waals surface area contributed by atoms with Gasteiger partial charge in [-0.15, -0.1) is 0 Å². The van der Waals surface area contributed by atoms with Gasteiger partial charge in [-0.05, 0) is 49.6 Å². The van der Waals surface area contributed by atoms with Crippen molar-refractivity contribution in [3.8, 4) is 11.5 Å². The fourth-order valence-electron chi connectivity index (χ4n) is 3.26. The Labute approximate surface area is 175 Å². The van der Waals surface area contributed by atoms with E-state index in [1.54, 1.807) is 4.90 Å². The van der Waals surface area contributed by atoms with Crippen LogP contribution in [0.4, 0.5) is 32.2 Å². The van der Waals surface area contributed by atoms with Crippen LogP contribution in [0.1, 0.15) is 43.7 Å². The number of piperidine rings is 1. The van der Waals surface area contributed by atoms with E-state index in [-0.39, 0.29) is 18.1 Å². The molecule has 10 heteroatoms. The van der Waals surface area contributed by atoms with Crippen molar-refractivity contribution in [2.45, 2.75) is 51.2 Å². The Hall–Kier alpha value is -2.65. The van der Waals surface area contributed by atoms with E-state index in [1.165, 1.54) is 12.1 Å². The SMILES string of the molecule is CCCOc1cc(C(F)(F)F)ccc1OC1CCCCN1c1ccc(C(F)(F)F)cn1. The van der Waals surface area contributed by atoms with E-state index in [9.17, 15) is 26.3 Å². The number of benzene rings is 1. The summed E-state index contributed by atoms with van der Waals surface area (Å²) in [6, 6.07) is 5.24. The summed E-state index contributed by atoms with van der Waals surface area (Å²) < 4.78 is 89.2. The molecule has 1 fully saturated rings. The van der Waals surface area contributed by atoms with Gasteiger partial charge < -0.3 is 14.4 Å². The van der Waals surface area contributed by atoms with E-state index in [1.807, 2.05) is 6.92 Å². The third kappa shape index (κ3) is 5.74. The van der Waals surface area contributed by atoms with Gasteiger partial charge in [0.15, 0.2) is 17.7 Å². The summed E-state index contributed by atoms with van der Waals surface area (Å²) in [5.74, 6) is 0.425. The lowest BCUT2D eigenvalue weighted by Crippen LogP contribution is -2.44. The van der Waals surface area contributed by atoms with E-state index in [0.717, 1.165) is 37.2 Å². The smallest absolute Gasteiger partial charge is 0.417 e. The first-order valence-electron chi connectivity index (χ1n) is 9.90. The monoisotopic (exact) mass is 448 g/mol. The van der Waals surface area contributed by atoms with E-state index in [4.69, 9.17) is 9.47 Å². The Kier molecular flexibility index (Phi) is 6.86. The van der Waals surface area contributed by atoms with Crippen LogP contribution in [-0.2, 0) is 12.4 Å². The molecule has 1 aromatic heterocycles. The largest absolute Gasteiger partial charge is 0.490 e. The zero-order valence-electron chi connectivity index (χ0n) is 16.8. The van der Waals surface area contributed by atoms with Gasteiger partial charge in [-0.25, -0.2) is 4.98 Å². The molecular weight excluding hydrogens is 426 g/mol. The van der Waals surface area contributed by atoms with Gasteiger partial charge in [0, 0.05) is 19.2 Å². The average molecular weight is 448 g/mol. The van der Waals surface area contributed by atoms with Gasteiger partial charge in [0.25, 0.3) is 0 Å². The van der Waals surface area contributed by atoms with Crippen LogP contribution >= 0.6 is 0 Å². The molecule has 3 rings (SSSR count). The third-order valence-electron chi connectivity index (χ3n) is 4.81. The molecule has 2 heterocycles. The standard InChI is InChI=1S/C21H22F6N2O2/c1-2-11-30-17-12-14(20(22,23)24)6-8-16(17)31-19-5-3-4-10-29(19)18-9-7-15(13-28-18)21(25,26)27/h6-9,12-13,19H,2-5,10-11H2,1H3. The molecule has 1 atom stereocenters. The summed E-state index contributed by atoms with van der Waals surface area (Å²) in [6.07, 6.45) is -6.13. The maximum atomic E-state index is 13.1. The Morgan fingerprint density at radius 3 is 2.29 bits per heavy atom. The average Bonchev–Trinajstić information content (AvgIpc) is 2.72. The van der Waals surface area contributed by atoms with Gasteiger partial charge in [-0.2, -0.15) is 26.3 Å². The second-order valence-corrected chi connectivity index (χ2v) is 7.17. The fourth-order valence-corrected chi connectivity index (χ4v) is 3.26. The molecule has 31 heavy (non-hydrogen) atoms. The lowest BCUT2D eigenvalue weighted by molar-refractivity contribution is -0.138. The fraction of sp³-hybridized carbons (Fsp3) is 0.476. The van der Waals surface area contributed by atoms with Crippen molar-refractivity contribution in [2.75, 3.05) is 18.1 Å². The lowest BCUT2D eigenvalue weighted by atomic mass is 10.1. The van der Waals surface area contributed by atoms with E-state index in [0.29, 0.717) is 25.2 Å². The number of hydrogen-bond donors (Lipinski definition) is 0. The molecule has 1 aromatic carbocycles. The number of nitrogens with zero attached hydrogens (tertiary/aromatic N) is 2. The molecule has 170 valence electrons. The number of pyridine rings is 1. The highest BCUT2D eigenvalue weighted by atomic mass is 19.4. The van der Waals surface area contributed by atoms with Crippen molar-refractivity contribution in [1.29, 1.82) is 0 Å². The normalized spacial score (nSPS) is 17.5. The molecule has 2 aromatic rings. The molecular formula is C21H22F6N2O2. The van der Waals surface area contributed by atoms with Gasteiger partial charge in [0.05, 0.1) is 17.7 Å². The van der Waals surface area contributed by atoms with Gasteiger partial charge in [-0.1, -0.05) is 6.92 Å².